The van der Waals surface area contributed by atoms with Crippen LogP contribution in [0, 0.1) is 5.82 Å². The molecule has 1 spiro atoms. The van der Waals surface area contributed by atoms with Crippen molar-refractivity contribution in [1.29, 1.82) is 0 Å². The molecule has 1 amide bonds. The van der Waals surface area contributed by atoms with Crippen molar-refractivity contribution in [1.82, 2.24) is 0 Å². The summed E-state index contributed by atoms with van der Waals surface area (Å²) < 4.78 is 14.5. The largest absolute Gasteiger partial charge is 0.385 e. The number of nitrogens with zero attached hydrogens (tertiary/aromatic N) is 2. The summed E-state index contributed by atoms with van der Waals surface area (Å²) in [6.45, 7) is 0. The lowest BCUT2D eigenvalue weighted by atomic mass is 9.78. The number of carbonyl (C=O) groups excluding carboxylic acids is 1. The molecule has 5 nitrogen and oxygen atoms in total. The molecule has 2 N–H and O–H groups in total. The van der Waals surface area contributed by atoms with E-state index in [-0.39, 0.29) is 6.42 Å². The third kappa shape index (κ3) is 2.72. The molecule has 0 aromatic heterocycles. The average molecular weight is 422 g/mol. The zero-order valence-electron chi connectivity index (χ0n) is 15.7. The van der Waals surface area contributed by atoms with Gasteiger partial charge in [0.25, 0.3) is 5.91 Å². The summed E-state index contributed by atoms with van der Waals surface area (Å²) in [5, 5.41) is 20.9. The van der Waals surface area contributed by atoms with Crippen molar-refractivity contribution in [2.45, 2.75) is 18.1 Å². The predicted molar refractivity (Wildman–Crippen MR) is 114 cm³/mol. The summed E-state index contributed by atoms with van der Waals surface area (Å²) in [6, 6.07) is 20.2. The summed E-state index contributed by atoms with van der Waals surface area (Å²) in [5.74, 6) is -0.839. The molecule has 2 aliphatic heterocycles. The molecule has 2 atom stereocenters. The highest BCUT2D eigenvalue weighted by Gasteiger charge is 2.58. The SMILES string of the molecule is O=C1Nc2ccccc2C(O)[C@]12CC(c1ccccc1F)=NN2c1ccc(Cl)cc1. The molecule has 7 heteroatoms. The van der Waals surface area contributed by atoms with Crippen molar-refractivity contribution >= 4 is 34.6 Å². The molecule has 0 saturated carbocycles. The third-order valence-electron chi connectivity index (χ3n) is 5.64. The fourth-order valence-corrected chi connectivity index (χ4v) is 4.27. The van der Waals surface area contributed by atoms with Crippen LogP contribution in [0.5, 0.6) is 0 Å². The van der Waals surface area contributed by atoms with Crippen LogP contribution < -0.4 is 10.3 Å². The second-order valence-corrected chi connectivity index (χ2v) is 7.80. The van der Waals surface area contributed by atoms with Gasteiger partial charge in [-0.1, -0.05) is 48.0 Å². The second-order valence-electron chi connectivity index (χ2n) is 7.36. The van der Waals surface area contributed by atoms with Crippen LogP contribution in [-0.2, 0) is 4.79 Å². The highest BCUT2D eigenvalue weighted by atomic mass is 35.5. The van der Waals surface area contributed by atoms with E-state index in [1.54, 1.807) is 66.7 Å². The Balaban J connectivity index is 1.69. The van der Waals surface area contributed by atoms with Crippen LogP contribution in [0.25, 0.3) is 0 Å². The van der Waals surface area contributed by atoms with Crippen molar-refractivity contribution in [2.24, 2.45) is 5.10 Å². The maximum absolute atomic E-state index is 14.5. The molecule has 150 valence electrons. The summed E-state index contributed by atoms with van der Waals surface area (Å²) in [4.78, 5) is 13.4. The topological polar surface area (TPSA) is 64.9 Å². The van der Waals surface area contributed by atoms with Gasteiger partial charge in [0.15, 0.2) is 5.54 Å². The van der Waals surface area contributed by atoms with E-state index < -0.39 is 23.4 Å². The number of amides is 1. The van der Waals surface area contributed by atoms with E-state index in [1.807, 2.05) is 0 Å². The zero-order chi connectivity index (χ0) is 20.9. The van der Waals surface area contributed by atoms with E-state index in [0.29, 0.717) is 33.2 Å². The van der Waals surface area contributed by atoms with E-state index in [9.17, 15) is 14.3 Å². The average Bonchev–Trinajstić information content (AvgIpc) is 3.15. The smallest absolute Gasteiger partial charge is 0.255 e. The van der Waals surface area contributed by atoms with Crippen LogP contribution in [0.4, 0.5) is 15.8 Å². The third-order valence-corrected chi connectivity index (χ3v) is 5.89. The minimum Gasteiger partial charge on any atom is -0.385 e. The summed E-state index contributed by atoms with van der Waals surface area (Å²) >= 11 is 6.03. The Labute approximate surface area is 177 Å². The molecule has 0 aliphatic carbocycles. The van der Waals surface area contributed by atoms with E-state index in [4.69, 9.17) is 11.6 Å². The van der Waals surface area contributed by atoms with Gasteiger partial charge < -0.3 is 10.4 Å². The number of para-hydroxylation sites is 1. The van der Waals surface area contributed by atoms with E-state index in [1.165, 1.54) is 11.1 Å². The first kappa shape index (κ1) is 18.8. The number of halogens is 2. The predicted octanol–water partition coefficient (Wildman–Crippen LogP) is 4.52. The van der Waals surface area contributed by atoms with Gasteiger partial charge in [0.1, 0.15) is 11.9 Å². The fourth-order valence-electron chi connectivity index (χ4n) is 4.14. The van der Waals surface area contributed by atoms with Crippen molar-refractivity contribution in [2.75, 3.05) is 10.3 Å². The molecule has 2 aliphatic rings. The van der Waals surface area contributed by atoms with Crippen LogP contribution in [0.1, 0.15) is 23.7 Å². The van der Waals surface area contributed by atoms with Crippen molar-refractivity contribution in [3.8, 4) is 0 Å². The standard InChI is InChI=1S/C23H17ClFN3O2/c24-14-9-11-15(12-10-14)28-23(13-20(27-28)16-5-1-3-7-18(16)25)21(29)17-6-2-4-8-19(17)26-22(23)30/h1-12,21,29H,13H2,(H,26,30)/t21?,23-/m1/s1. The van der Waals surface area contributed by atoms with Gasteiger partial charge in [-0.15, -0.1) is 0 Å². The first-order valence-electron chi connectivity index (χ1n) is 9.47. The van der Waals surface area contributed by atoms with Gasteiger partial charge in [-0.2, -0.15) is 5.10 Å². The van der Waals surface area contributed by atoms with Gasteiger partial charge in [-0.05, 0) is 36.4 Å². The van der Waals surface area contributed by atoms with Crippen molar-refractivity contribution in [3.63, 3.8) is 0 Å². The van der Waals surface area contributed by atoms with Gasteiger partial charge in [0.2, 0.25) is 0 Å². The molecule has 3 aromatic carbocycles. The number of carbonyl (C=O) groups is 1. The van der Waals surface area contributed by atoms with Gasteiger partial charge in [0, 0.05) is 28.3 Å². The Kier molecular flexibility index (Phi) is 4.34. The number of hydrogen-bond acceptors (Lipinski definition) is 4. The van der Waals surface area contributed by atoms with E-state index in [0.717, 1.165) is 0 Å². The molecule has 0 saturated heterocycles. The van der Waals surface area contributed by atoms with Crippen LogP contribution in [0.2, 0.25) is 5.02 Å². The molecule has 0 fully saturated rings. The minimum absolute atomic E-state index is 0.0396. The van der Waals surface area contributed by atoms with Gasteiger partial charge in [0.05, 0.1) is 11.4 Å². The number of rotatable bonds is 2. The zero-order valence-corrected chi connectivity index (χ0v) is 16.5. The van der Waals surface area contributed by atoms with Crippen LogP contribution in [-0.4, -0.2) is 22.3 Å². The molecule has 5 rings (SSSR count). The second kappa shape index (κ2) is 6.93. The lowest BCUT2D eigenvalue weighted by Crippen LogP contribution is -2.59. The number of aliphatic hydroxyl groups excluding tert-OH is 1. The molecular formula is C23H17ClFN3O2. The van der Waals surface area contributed by atoms with E-state index >= 15 is 0 Å². The van der Waals surface area contributed by atoms with Crippen LogP contribution in [0.15, 0.2) is 77.9 Å². The van der Waals surface area contributed by atoms with Crippen molar-refractivity contribution < 1.29 is 14.3 Å². The minimum atomic E-state index is -1.46. The Morgan fingerprint density at radius 3 is 2.53 bits per heavy atom. The Bertz CT molecular complexity index is 1180. The lowest BCUT2D eigenvalue weighted by Gasteiger charge is -2.43. The molecule has 3 aromatic rings. The molecule has 0 bridgehead atoms. The number of aliphatic hydroxyl groups is 1. The number of fused-ring (bicyclic) bond motifs is 1. The number of hydrazone groups is 1. The first-order valence-corrected chi connectivity index (χ1v) is 9.85. The maximum Gasteiger partial charge on any atom is 0.255 e. The normalized spacial score (nSPS) is 22.6. The van der Waals surface area contributed by atoms with Gasteiger partial charge in [-0.3, -0.25) is 4.79 Å². The number of anilines is 2. The number of benzene rings is 3. The molecule has 1 unspecified atom stereocenters. The van der Waals surface area contributed by atoms with E-state index in [2.05, 4.69) is 10.4 Å². The lowest BCUT2D eigenvalue weighted by molar-refractivity contribution is -0.125. The van der Waals surface area contributed by atoms with Crippen molar-refractivity contribution in [3.05, 3.63) is 94.8 Å². The fraction of sp³-hybridized carbons (Fsp3) is 0.130. The Morgan fingerprint density at radius 1 is 1.07 bits per heavy atom. The van der Waals surface area contributed by atoms with Crippen LogP contribution >= 0.6 is 11.6 Å². The quantitative estimate of drug-likeness (QED) is 0.639. The summed E-state index contributed by atoms with van der Waals surface area (Å²) in [7, 11) is 0. The maximum atomic E-state index is 14.5. The molecule has 0 radical (unpaired) electrons. The van der Waals surface area contributed by atoms with Crippen LogP contribution in [0.3, 0.4) is 0 Å². The highest BCUT2D eigenvalue weighted by molar-refractivity contribution is 6.30. The van der Waals surface area contributed by atoms with Gasteiger partial charge >= 0.3 is 0 Å². The Hall–Kier alpha value is -3.22. The summed E-state index contributed by atoms with van der Waals surface area (Å²) in [6.07, 6.45) is -1.14. The highest BCUT2D eigenvalue weighted by Crippen LogP contribution is 2.48. The molecule has 2 heterocycles. The summed E-state index contributed by atoms with van der Waals surface area (Å²) in [5.41, 5.74) is 0.931. The Morgan fingerprint density at radius 2 is 1.77 bits per heavy atom. The van der Waals surface area contributed by atoms with Gasteiger partial charge in [-0.25, -0.2) is 9.40 Å². The molecule has 30 heavy (non-hydrogen) atoms. The number of nitrogens with one attached hydrogen (secondary N) is 1. The first-order chi connectivity index (χ1) is 14.5. The number of hydrogen-bond donors (Lipinski definition) is 2. The monoisotopic (exact) mass is 421 g/mol. The molecular weight excluding hydrogens is 405 g/mol.